The molecule has 1 amide bonds. The van der Waals surface area contributed by atoms with Crippen LogP contribution in [0.5, 0.6) is 5.75 Å². The second kappa shape index (κ2) is 9.56. The first kappa shape index (κ1) is 19.4. The summed E-state index contributed by atoms with van der Waals surface area (Å²) in [7, 11) is 0. The molecule has 2 aromatic rings. The van der Waals surface area contributed by atoms with Gasteiger partial charge in [-0.15, -0.1) is 0 Å². The number of carbonyl (C=O) groups excluding carboxylic acids is 1. The second-order valence-electron chi connectivity index (χ2n) is 7.33. The molecule has 0 atom stereocenters. The van der Waals surface area contributed by atoms with Gasteiger partial charge in [-0.05, 0) is 55.5 Å². The highest BCUT2D eigenvalue weighted by atomic mass is 16.5. The minimum absolute atomic E-state index is 0.00528. The Hall–Kier alpha value is -2.33. The van der Waals surface area contributed by atoms with Gasteiger partial charge in [0.2, 0.25) is 0 Å². The van der Waals surface area contributed by atoms with Crippen molar-refractivity contribution in [1.29, 1.82) is 0 Å². The topological polar surface area (TPSA) is 41.6 Å². The Balaban J connectivity index is 1.49. The predicted octanol–water partition coefficient (Wildman–Crippen LogP) is 4.18. The summed E-state index contributed by atoms with van der Waals surface area (Å²) in [5.74, 6) is 0.756. The van der Waals surface area contributed by atoms with Crippen LogP contribution in [0, 0.1) is 6.92 Å². The summed E-state index contributed by atoms with van der Waals surface area (Å²) in [6, 6.07) is 16.3. The van der Waals surface area contributed by atoms with Crippen LogP contribution >= 0.6 is 0 Å². The fourth-order valence-electron chi connectivity index (χ4n) is 3.48. The zero-order valence-corrected chi connectivity index (χ0v) is 16.4. The van der Waals surface area contributed by atoms with E-state index >= 15 is 0 Å². The minimum Gasteiger partial charge on any atom is -0.494 e. The Bertz CT molecular complexity index is 752. The Morgan fingerprint density at radius 2 is 1.93 bits per heavy atom. The summed E-state index contributed by atoms with van der Waals surface area (Å²) in [6.45, 7) is 7.93. The summed E-state index contributed by atoms with van der Waals surface area (Å²) in [4.78, 5) is 15.1. The van der Waals surface area contributed by atoms with Crippen LogP contribution in [0.25, 0.3) is 0 Å². The van der Waals surface area contributed by atoms with Crippen LogP contribution in [0.2, 0.25) is 0 Å². The van der Waals surface area contributed by atoms with Gasteiger partial charge in [0.1, 0.15) is 5.75 Å². The van der Waals surface area contributed by atoms with Crippen LogP contribution < -0.4 is 10.1 Å². The van der Waals surface area contributed by atoms with Gasteiger partial charge in [0.15, 0.2) is 0 Å². The van der Waals surface area contributed by atoms with Crippen molar-refractivity contribution in [2.75, 3.05) is 19.7 Å². The molecule has 0 unspecified atom stereocenters. The SMILES string of the molecule is CCCOc1cccc(C(=O)NC2CCN(Cc3ccccc3C)CC2)c1. The summed E-state index contributed by atoms with van der Waals surface area (Å²) >= 11 is 0. The molecule has 1 saturated heterocycles. The molecule has 0 aliphatic carbocycles. The molecule has 0 radical (unpaired) electrons. The van der Waals surface area contributed by atoms with Gasteiger partial charge < -0.3 is 10.1 Å². The van der Waals surface area contributed by atoms with Crippen molar-refractivity contribution in [1.82, 2.24) is 10.2 Å². The Kier molecular flexibility index (Phi) is 6.88. The van der Waals surface area contributed by atoms with Crippen molar-refractivity contribution < 1.29 is 9.53 Å². The van der Waals surface area contributed by atoms with E-state index in [1.165, 1.54) is 11.1 Å². The van der Waals surface area contributed by atoms with E-state index in [2.05, 4.69) is 48.3 Å². The van der Waals surface area contributed by atoms with Crippen LogP contribution in [0.4, 0.5) is 0 Å². The van der Waals surface area contributed by atoms with Crippen molar-refractivity contribution in [3.05, 3.63) is 65.2 Å². The second-order valence-corrected chi connectivity index (χ2v) is 7.33. The van der Waals surface area contributed by atoms with Gasteiger partial charge in [0, 0.05) is 31.2 Å². The number of likely N-dealkylation sites (tertiary alicyclic amines) is 1. The lowest BCUT2D eigenvalue weighted by Crippen LogP contribution is -2.44. The first-order chi connectivity index (χ1) is 13.2. The molecule has 1 aliphatic heterocycles. The number of hydrogen-bond donors (Lipinski definition) is 1. The molecule has 1 heterocycles. The van der Waals surface area contributed by atoms with Crippen LogP contribution in [-0.2, 0) is 6.54 Å². The summed E-state index contributed by atoms with van der Waals surface area (Å²) in [6.07, 6.45) is 2.94. The molecule has 4 heteroatoms. The number of amides is 1. The minimum atomic E-state index is -0.00528. The van der Waals surface area contributed by atoms with Crippen molar-refractivity contribution >= 4 is 5.91 Å². The number of piperidine rings is 1. The average Bonchev–Trinajstić information content (AvgIpc) is 2.70. The number of nitrogens with zero attached hydrogens (tertiary/aromatic N) is 1. The van der Waals surface area contributed by atoms with Crippen LogP contribution in [-0.4, -0.2) is 36.5 Å². The number of hydrogen-bond acceptors (Lipinski definition) is 3. The molecule has 2 aromatic carbocycles. The Labute approximate surface area is 162 Å². The number of benzene rings is 2. The molecule has 1 N–H and O–H groups in total. The zero-order valence-electron chi connectivity index (χ0n) is 16.4. The van der Waals surface area contributed by atoms with Crippen molar-refractivity contribution in [3.63, 3.8) is 0 Å². The van der Waals surface area contributed by atoms with E-state index in [9.17, 15) is 4.79 Å². The first-order valence-electron chi connectivity index (χ1n) is 9.96. The van der Waals surface area contributed by atoms with Crippen LogP contribution in [0.15, 0.2) is 48.5 Å². The number of nitrogens with one attached hydrogen (secondary N) is 1. The number of carbonyl (C=O) groups is 1. The van der Waals surface area contributed by atoms with Gasteiger partial charge in [-0.1, -0.05) is 37.3 Å². The molecule has 3 rings (SSSR count). The van der Waals surface area contributed by atoms with E-state index in [1.807, 2.05) is 24.3 Å². The average molecular weight is 367 g/mol. The molecule has 0 spiro atoms. The number of aryl methyl sites for hydroxylation is 1. The van der Waals surface area contributed by atoms with E-state index < -0.39 is 0 Å². The highest BCUT2D eigenvalue weighted by Crippen LogP contribution is 2.18. The van der Waals surface area contributed by atoms with Gasteiger partial charge in [-0.25, -0.2) is 0 Å². The standard InChI is InChI=1S/C23H30N2O2/c1-3-15-27-22-10-6-9-19(16-22)23(26)24-21-11-13-25(14-12-21)17-20-8-5-4-7-18(20)2/h4-10,16,21H,3,11-15,17H2,1-2H3,(H,24,26). The molecule has 1 fully saturated rings. The smallest absolute Gasteiger partial charge is 0.251 e. The molecule has 0 aromatic heterocycles. The lowest BCUT2D eigenvalue weighted by Gasteiger charge is -2.32. The first-order valence-corrected chi connectivity index (χ1v) is 9.96. The fraction of sp³-hybridized carbons (Fsp3) is 0.435. The maximum absolute atomic E-state index is 12.6. The van der Waals surface area contributed by atoms with E-state index in [-0.39, 0.29) is 11.9 Å². The highest BCUT2D eigenvalue weighted by Gasteiger charge is 2.21. The van der Waals surface area contributed by atoms with E-state index in [4.69, 9.17) is 4.74 Å². The molecule has 1 aliphatic rings. The molecular formula is C23H30N2O2. The van der Waals surface area contributed by atoms with Crippen molar-refractivity contribution in [3.8, 4) is 5.75 Å². The quantitative estimate of drug-likeness (QED) is 0.799. The lowest BCUT2D eigenvalue weighted by atomic mass is 10.0. The third-order valence-electron chi connectivity index (χ3n) is 5.15. The molecule has 0 saturated carbocycles. The largest absolute Gasteiger partial charge is 0.494 e. The number of ether oxygens (including phenoxy) is 1. The van der Waals surface area contributed by atoms with Gasteiger partial charge in [0.25, 0.3) is 5.91 Å². The normalized spacial score (nSPS) is 15.5. The third kappa shape index (κ3) is 5.57. The van der Waals surface area contributed by atoms with E-state index in [0.29, 0.717) is 12.2 Å². The molecule has 27 heavy (non-hydrogen) atoms. The van der Waals surface area contributed by atoms with Crippen molar-refractivity contribution in [2.24, 2.45) is 0 Å². The molecule has 0 bridgehead atoms. The maximum atomic E-state index is 12.6. The monoisotopic (exact) mass is 366 g/mol. The molecular weight excluding hydrogens is 336 g/mol. The van der Waals surface area contributed by atoms with Crippen LogP contribution in [0.1, 0.15) is 47.7 Å². The summed E-state index contributed by atoms with van der Waals surface area (Å²) in [5.41, 5.74) is 3.41. The highest BCUT2D eigenvalue weighted by molar-refractivity contribution is 5.94. The van der Waals surface area contributed by atoms with Crippen molar-refractivity contribution in [2.45, 2.75) is 45.7 Å². The summed E-state index contributed by atoms with van der Waals surface area (Å²) < 4.78 is 5.63. The van der Waals surface area contributed by atoms with Gasteiger partial charge >= 0.3 is 0 Å². The molecule has 144 valence electrons. The third-order valence-corrected chi connectivity index (χ3v) is 5.15. The Morgan fingerprint density at radius 1 is 1.15 bits per heavy atom. The lowest BCUT2D eigenvalue weighted by molar-refractivity contribution is 0.0908. The fourth-order valence-corrected chi connectivity index (χ4v) is 3.48. The Morgan fingerprint density at radius 3 is 2.67 bits per heavy atom. The van der Waals surface area contributed by atoms with Gasteiger partial charge in [-0.2, -0.15) is 0 Å². The molecule has 4 nitrogen and oxygen atoms in total. The van der Waals surface area contributed by atoms with Gasteiger partial charge in [-0.3, -0.25) is 9.69 Å². The van der Waals surface area contributed by atoms with E-state index in [1.54, 1.807) is 0 Å². The zero-order chi connectivity index (χ0) is 19.1. The number of rotatable bonds is 7. The summed E-state index contributed by atoms with van der Waals surface area (Å²) in [5, 5.41) is 3.19. The van der Waals surface area contributed by atoms with E-state index in [0.717, 1.165) is 44.6 Å². The van der Waals surface area contributed by atoms with Gasteiger partial charge in [0.05, 0.1) is 6.61 Å². The predicted molar refractivity (Wildman–Crippen MR) is 109 cm³/mol. The maximum Gasteiger partial charge on any atom is 0.251 e. The van der Waals surface area contributed by atoms with Crippen LogP contribution in [0.3, 0.4) is 0 Å².